The van der Waals surface area contributed by atoms with Crippen molar-refractivity contribution in [1.82, 2.24) is 4.98 Å². The van der Waals surface area contributed by atoms with Crippen LogP contribution in [0.4, 0.5) is 5.69 Å². The summed E-state index contributed by atoms with van der Waals surface area (Å²) in [6.45, 7) is 1.90. The van der Waals surface area contributed by atoms with Crippen LogP contribution < -0.4 is 5.32 Å². The van der Waals surface area contributed by atoms with E-state index < -0.39 is 0 Å². The minimum absolute atomic E-state index is 0.131. The van der Waals surface area contributed by atoms with Gasteiger partial charge in [-0.25, -0.2) is 4.98 Å². The maximum absolute atomic E-state index is 11.9. The zero-order valence-corrected chi connectivity index (χ0v) is 12.0. The average molecular weight is 332 g/mol. The Kier molecular flexibility index (Phi) is 3.81. The van der Waals surface area contributed by atoms with Crippen LogP contribution in [0.1, 0.15) is 15.2 Å². The van der Waals surface area contributed by atoms with Crippen LogP contribution >= 0.6 is 38.9 Å². The van der Waals surface area contributed by atoms with Gasteiger partial charge in [-0.2, -0.15) is 0 Å². The third-order valence-electron chi connectivity index (χ3n) is 2.12. The van der Waals surface area contributed by atoms with Gasteiger partial charge >= 0.3 is 0 Å². The molecule has 0 bridgehead atoms. The number of aromatic nitrogens is 1. The zero-order chi connectivity index (χ0) is 12.4. The van der Waals surface area contributed by atoms with E-state index in [0.717, 1.165) is 5.56 Å². The average Bonchev–Trinajstić information content (AvgIpc) is 2.70. The minimum Gasteiger partial charge on any atom is -0.320 e. The number of hydrogen-bond donors (Lipinski definition) is 1. The Hall–Kier alpha value is -0.910. The van der Waals surface area contributed by atoms with Crippen molar-refractivity contribution in [3.8, 4) is 0 Å². The molecule has 17 heavy (non-hydrogen) atoms. The van der Waals surface area contributed by atoms with Gasteiger partial charge < -0.3 is 5.32 Å². The molecule has 2 rings (SSSR count). The summed E-state index contributed by atoms with van der Waals surface area (Å²) in [5.41, 5.74) is 1.58. The molecular formula is C11H8BrClN2OS. The second-order valence-electron chi connectivity index (χ2n) is 3.38. The molecule has 0 spiro atoms. The lowest BCUT2D eigenvalue weighted by atomic mass is 10.3. The zero-order valence-electron chi connectivity index (χ0n) is 8.83. The number of hydrogen-bond acceptors (Lipinski definition) is 3. The molecular weight excluding hydrogens is 324 g/mol. The third-order valence-corrected chi connectivity index (χ3v) is 4.27. The maximum atomic E-state index is 11.9. The summed E-state index contributed by atoms with van der Waals surface area (Å²) in [6, 6.07) is 3.63. The first-order valence-corrected chi connectivity index (χ1v) is 6.79. The van der Waals surface area contributed by atoms with E-state index in [1.165, 1.54) is 17.5 Å². The Balaban J connectivity index is 2.19. The SMILES string of the molecule is Cc1ccsc1C(=O)Nc1cnc(Cl)c(Br)c1. The predicted octanol–water partition coefficient (Wildman–Crippen LogP) is 4.12. The number of nitrogens with one attached hydrogen (secondary N) is 1. The van der Waals surface area contributed by atoms with Gasteiger partial charge in [-0.15, -0.1) is 11.3 Å². The van der Waals surface area contributed by atoms with Crippen LogP contribution in [-0.4, -0.2) is 10.9 Å². The number of thiophene rings is 1. The topological polar surface area (TPSA) is 42.0 Å². The lowest BCUT2D eigenvalue weighted by Gasteiger charge is -2.05. The Bertz CT molecular complexity index is 570. The molecule has 2 aromatic heterocycles. The number of halogens is 2. The number of amides is 1. The van der Waals surface area contributed by atoms with Crippen LogP contribution in [-0.2, 0) is 0 Å². The Morgan fingerprint density at radius 2 is 2.35 bits per heavy atom. The Morgan fingerprint density at radius 1 is 1.59 bits per heavy atom. The fourth-order valence-corrected chi connectivity index (χ4v) is 2.56. The molecule has 0 aliphatic heterocycles. The summed E-state index contributed by atoms with van der Waals surface area (Å²) in [7, 11) is 0. The van der Waals surface area contributed by atoms with Crippen molar-refractivity contribution in [2.24, 2.45) is 0 Å². The molecule has 0 saturated heterocycles. The standard InChI is InChI=1S/C11H8BrClN2OS/c1-6-2-3-17-9(6)11(16)15-7-4-8(12)10(13)14-5-7/h2-5H,1H3,(H,15,16). The molecule has 1 amide bonds. The number of pyridine rings is 1. The van der Waals surface area contributed by atoms with Crippen LogP contribution in [0.3, 0.4) is 0 Å². The number of nitrogens with zero attached hydrogens (tertiary/aromatic N) is 1. The largest absolute Gasteiger partial charge is 0.320 e. The summed E-state index contributed by atoms with van der Waals surface area (Å²) in [5.74, 6) is -0.131. The summed E-state index contributed by atoms with van der Waals surface area (Å²) >= 11 is 10.4. The lowest BCUT2D eigenvalue weighted by Crippen LogP contribution is -2.11. The summed E-state index contributed by atoms with van der Waals surface area (Å²) in [4.78, 5) is 16.6. The molecule has 0 aliphatic rings. The molecule has 0 aliphatic carbocycles. The monoisotopic (exact) mass is 330 g/mol. The van der Waals surface area contributed by atoms with E-state index in [0.29, 0.717) is 20.2 Å². The predicted molar refractivity (Wildman–Crippen MR) is 74.0 cm³/mol. The molecule has 0 unspecified atom stereocenters. The molecule has 2 aromatic rings. The van der Waals surface area contributed by atoms with Crippen molar-refractivity contribution in [2.75, 3.05) is 5.32 Å². The van der Waals surface area contributed by atoms with Crippen molar-refractivity contribution in [2.45, 2.75) is 6.92 Å². The van der Waals surface area contributed by atoms with E-state index in [1.807, 2.05) is 18.4 Å². The summed E-state index contributed by atoms with van der Waals surface area (Å²) in [5, 5.41) is 5.03. The Morgan fingerprint density at radius 3 is 2.94 bits per heavy atom. The van der Waals surface area contributed by atoms with Crippen LogP contribution in [0.15, 0.2) is 28.2 Å². The first kappa shape index (κ1) is 12.5. The number of anilines is 1. The van der Waals surface area contributed by atoms with Gasteiger partial charge in [-0.1, -0.05) is 11.6 Å². The van der Waals surface area contributed by atoms with E-state index in [2.05, 4.69) is 26.2 Å². The molecule has 0 atom stereocenters. The van der Waals surface area contributed by atoms with E-state index in [-0.39, 0.29) is 5.91 Å². The van der Waals surface area contributed by atoms with Crippen LogP contribution in [0.2, 0.25) is 5.15 Å². The van der Waals surface area contributed by atoms with E-state index in [9.17, 15) is 4.79 Å². The molecule has 6 heteroatoms. The molecule has 1 N–H and O–H groups in total. The smallest absolute Gasteiger partial charge is 0.266 e. The molecule has 2 heterocycles. The number of carbonyl (C=O) groups excluding carboxylic acids is 1. The fraction of sp³-hybridized carbons (Fsp3) is 0.0909. The molecule has 0 saturated carbocycles. The quantitative estimate of drug-likeness (QED) is 0.841. The molecule has 0 aromatic carbocycles. The lowest BCUT2D eigenvalue weighted by molar-refractivity contribution is 0.103. The first-order chi connectivity index (χ1) is 8.08. The van der Waals surface area contributed by atoms with Crippen molar-refractivity contribution >= 4 is 50.5 Å². The normalized spacial score (nSPS) is 10.3. The minimum atomic E-state index is -0.131. The second kappa shape index (κ2) is 5.16. The summed E-state index contributed by atoms with van der Waals surface area (Å²) in [6.07, 6.45) is 1.52. The molecule has 0 fully saturated rings. The van der Waals surface area contributed by atoms with E-state index in [4.69, 9.17) is 11.6 Å². The van der Waals surface area contributed by atoms with Crippen molar-refractivity contribution < 1.29 is 4.79 Å². The van der Waals surface area contributed by atoms with Gasteiger partial charge in [0.2, 0.25) is 0 Å². The van der Waals surface area contributed by atoms with Crippen LogP contribution in [0.25, 0.3) is 0 Å². The van der Waals surface area contributed by atoms with Crippen molar-refractivity contribution in [3.05, 3.63) is 43.8 Å². The Labute approximate surface area is 116 Å². The fourth-order valence-electron chi connectivity index (χ4n) is 1.28. The van der Waals surface area contributed by atoms with Gasteiger partial charge in [-0.3, -0.25) is 4.79 Å². The maximum Gasteiger partial charge on any atom is 0.266 e. The van der Waals surface area contributed by atoms with E-state index in [1.54, 1.807) is 6.07 Å². The highest BCUT2D eigenvalue weighted by atomic mass is 79.9. The summed E-state index contributed by atoms with van der Waals surface area (Å²) < 4.78 is 0.653. The van der Waals surface area contributed by atoms with Gasteiger partial charge in [0.15, 0.2) is 0 Å². The van der Waals surface area contributed by atoms with Crippen molar-refractivity contribution in [1.29, 1.82) is 0 Å². The van der Waals surface area contributed by atoms with Gasteiger partial charge in [0.25, 0.3) is 5.91 Å². The highest BCUT2D eigenvalue weighted by Crippen LogP contribution is 2.24. The van der Waals surface area contributed by atoms with Gasteiger partial charge in [0.1, 0.15) is 5.15 Å². The molecule has 0 radical (unpaired) electrons. The number of carbonyl (C=O) groups is 1. The molecule has 88 valence electrons. The third kappa shape index (κ3) is 2.86. The highest BCUT2D eigenvalue weighted by Gasteiger charge is 2.11. The van der Waals surface area contributed by atoms with Crippen LogP contribution in [0.5, 0.6) is 0 Å². The van der Waals surface area contributed by atoms with Gasteiger partial charge in [0, 0.05) is 0 Å². The molecule has 3 nitrogen and oxygen atoms in total. The van der Waals surface area contributed by atoms with Crippen LogP contribution in [0, 0.1) is 6.92 Å². The van der Waals surface area contributed by atoms with E-state index >= 15 is 0 Å². The number of aryl methyl sites for hydroxylation is 1. The second-order valence-corrected chi connectivity index (χ2v) is 5.51. The highest BCUT2D eigenvalue weighted by molar-refractivity contribution is 9.10. The first-order valence-electron chi connectivity index (χ1n) is 4.74. The van der Waals surface area contributed by atoms with Gasteiger partial charge in [-0.05, 0) is 45.9 Å². The van der Waals surface area contributed by atoms with Crippen molar-refractivity contribution in [3.63, 3.8) is 0 Å². The number of rotatable bonds is 2. The van der Waals surface area contributed by atoms with Gasteiger partial charge in [0.05, 0.1) is 21.2 Å².